The lowest BCUT2D eigenvalue weighted by Gasteiger charge is -2.14. The zero-order valence-corrected chi connectivity index (χ0v) is 14.7. The number of carboxylic acid groups (broad SMARTS) is 1. The Bertz CT molecular complexity index is 1130. The van der Waals surface area contributed by atoms with E-state index in [1.807, 2.05) is 24.3 Å². The zero-order valence-electron chi connectivity index (χ0n) is 14.7. The summed E-state index contributed by atoms with van der Waals surface area (Å²) in [6, 6.07) is 11.4. The van der Waals surface area contributed by atoms with Crippen molar-refractivity contribution in [3.05, 3.63) is 78.4 Å². The quantitative estimate of drug-likeness (QED) is 0.478. The van der Waals surface area contributed by atoms with Crippen molar-refractivity contribution in [3.8, 4) is 5.82 Å². The third kappa shape index (κ3) is 3.48. The molecule has 3 heterocycles. The molecule has 0 spiro atoms. The lowest BCUT2D eigenvalue weighted by molar-refractivity contribution is -0.139. The molecule has 3 aromatic heterocycles. The number of aliphatic carboxylic acids is 1. The van der Waals surface area contributed by atoms with Gasteiger partial charge in [-0.1, -0.05) is 18.2 Å². The first kappa shape index (κ1) is 17.5. The molecule has 1 aromatic carbocycles. The number of hydrogen-bond acceptors (Lipinski definition) is 4. The molecule has 0 aliphatic carbocycles. The highest BCUT2D eigenvalue weighted by atomic mass is 16.4. The summed E-state index contributed by atoms with van der Waals surface area (Å²) >= 11 is 0. The molecular formula is C20H17N5O3. The molecule has 0 aliphatic rings. The van der Waals surface area contributed by atoms with E-state index >= 15 is 0 Å². The molecule has 8 heteroatoms. The van der Waals surface area contributed by atoms with Gasteiger partial charge in [0.05, 0.1) is 0 Å². The highest BCUT2D eigenvalue weighted by Gasteiger charge is 2.22. The third-order valence-corrected chi connectivity index (χ3v) is 4.45. The molecule has 28 heavy (non-hydrogen) atoms. The Balaban J connectivity index is 1.54. The first-order chi connectivity index (χ1) is 13.6. The summed E-state index contributed by atoms with van der Waals surface area (Å²) in [5.74, 6) is -1.11. The number of hydrogen-bond donors (Lipinski definition) is 3. The standard InChI is InChI=1S/C20H17N5O3/c26-19(13-6-8-21-18(11-13)25-9-3-7-23-25)24-17(20(27)28)10-14-12-22-16-5-2-1-4-15(14)16/h1-9,11-12,17,22H,10H2,(H,24,26)(H,27,28)/t17-/m1/s1. The third-order valence-electron chi connectivity index (χ3n) is 4.45. The van der Waals surface area contributed by atoms with Crippen molar-refractivity contribution in [2.75, 3.05) is 0 Å². The van der Waals surface area contributed by atoms with Gasteiger partial charge in [-0.3, -0.25) is 4.79 Å². The first-order valence-electron chi connectivity index (χ1n) is 8.66. The number of H-pyrrole nitrogens is 1. The molecule has 0 radical (unpaired) electrons. The van der Waals surface area contributed by atoms with E-state index in [1.165, 1.54) is 16.9 Å². The number of carbonyl (C=O) groups excluding carboxylic acids is 1. The molecule has 0 fully saturated rings. The summed E-state index contributed by atoms with van der Waals surface area (Å²) in [6.45, 7) is 0. The Morgan fingerprint density at radius 1 is 1.18 bits per heavy atom. The number of aromatic nitrogens is 4. The van der Waals surface area contributed by atoms with Crippen molar-refractivity contribution in [2.45, 2.75) is 12.5 Å². The Labute approximate surface area is 159 Å². The van der Waals surface area contributed by atoms with Crippen molar-refractivity contribution in [1.29, 1.82) is 0 Å². The topological polar surface area (TPSA) is 113 Å². The van der Waals surface area contributed by atoms with Crippen LogP contribution in [0.15, 0.2) is 67.3 Å². The summed E-state index contributed by atoms with van der Waals surface area (Å²) in [6.07, 6.45) is 6.75. The van der Waals surface area contributed by atoms with E-state index in [2.05, 4.69) is 20.4 Å². The van der Waals surface area contributed by atoms with Gasteiger partial charge < -0.3 is 15.4 Å². The molecular weight excluding hydrogens is 358 g/mol. The molecule has 8 nitrogen and oxygen atoms in total. The highest BCUT2D eigenvalue weighted by Crippen LogP contribution is 2.19. The smallest absolute Gasteiger partial charge is 0.326 e. The summed E-state index contributed by atoms with van der Waals surface area (Å²) in [7, 11) is 0. The summed E-state index contributed by atoms with van der Waals surface area (Å²) in [5.41, 5.74) is 2.06. The van der Waals surface area contributed by atoms with E-state index in [1.54, 1.807) is 30.7 Å². The first-order valence-corrected chi connectivity index (χ1v) is 8.66. The Hall–Kier alpha value is -3.94. The van der Waals surface area contributed by atoms with E-state index in [9.17, 15) is 14.7 Å². The minimum Gasteiger partial charge on any atom is -0.480 e. The average molecular weight is 375 g/mol. The molecule has 0 saturated carbocycles. The number of carboxylic acids is 1. The lowest BCUT2D eigenvalue weighted by atomic mass is 10.0. The van der Waals surface area contributed by atoms with Gasteiger partial charge in [0, 0.05) is 47.7 Å². The van der Waals surface area contributed by atoms with Gasteiger partial charge in [0.1, 0.15) is 6.04 Å². The van der Waals surface area contributed by atoms with Crippen LogP contribution in [0, 0.1) is 0 Å². The van der Waals surface area contributed by atoms with Crippen LogP contribution in [0.1, 0.15) is 15.9 Å². The fourth-order valence-electron chi connectivity index (χ4n) is 3.05. The predicted octanol–water partition coefficient (Wildman–Crippen LogP) is 2.17. The maximum atomic E-state index is 12.6. The molecule has 140 valence electrons. The van der Waals surface area contributed by atoms with Crippen molar-refractivity contribution >= 4 is 22.8 Å². The SMILES string of the molecule is O=C(N[C@H](Cc1c[nH]c2ccccc12)C(=O)O)c1ccnc(-n2cccn2)c1. The molecule has 0 saturated heterocycles. The maximum absolute atomic E-state index is 12.6. The van der Waals surface area contributed by atoms with E-state index in [-0.39, 0.29) is 6.42 Å². The monoisotopic (exact) mass is 375 g/mol. The maximum Gasteiger partial charge on any atom is 0.326 e. The van der Waals surface area contributed by atoms with Crippen molar-refractivity contribution in [3.63, 3.8) is 0 Å². The number of rotatable bonds is 6. The largest absolute Gasteiger partial charge is 0.480 e. The van der Waals surface area contributed by atoms with Crippen LogP contribution in [0.3, 0.4) is 0 Å². The van der Waals surface area contributed by atoms with Crippen LogP contribution < -0.4 is 5.32 Å². The normalized spacial score (nSPS) is 12.0. The second kappa shape index (κ2) is 7.36. The minimum absolute atomic E-state index is 0.169. The average Bonchev–Trinajstić information content (AvgIpc) is 3.38. The minimum atomic E-state index is -1.10. The summed E-state index contributed by atoms with van der Waals surface area (Å²) in [4.78, 5) is 31.7. The van der Waals surface area contributed by atoms with Crippen LogP contribution in [-0.4, -0.2) is 42.8 Å². The molecule has 3 N–H and O–H groups in total. The van der Waals surface area contributed by atoms with Crippen molar-refractivity contribution in [1.82, 2.24) is 25.1 Å². The lowest BCUT2D eigenvalue weighted by Crippen LogP contribution is -2.42. The van der Waals surface area contributed by atoms with Gasteiger partial charge in [-0.15, -0.1) is 0 Å². The molecule has 0 unspecified atom stereocenters. The number of nitrogens with one attached hydrogen (secondary N) is 2. The highest BCUT2D eigenvalue weighted by molar-refractivity contribution is 5.97. The van der Waals surface area contributed by atoms with E-state index < -0.39 is 17.9 Å². The van der Waals surface area contributed by atoms with Gasteiger partial charge >= 0.3 is 5.97 Å². The number of pyridine rings is 1. The second-order valence-electron chi connectivity index (χ2n) is 6.28. The van der Waals surface area contributed by atoms with Crippen LogP contribution >= 0.6 is 0 Å². The summed E-state index contributed by atoms with van der Waals surface area (Å²) < 4.78 is 1.53. The van der Waals surface area contributed by atoms with Crippen LogP contribution in [-0.2, 0) is 11.2 Å². The van der Waals surface area contributed by atoms with Gasteiger partial charge in [0.25, 0.3) is 5.91 Å². The predicted molar refractivity (Wildman–Crippen MR) is 102 cm³/mol. The van der Waals surface area contributed by atoms with Gasteiger partial charge in [-0.2, -0.15) is 5.10 Å². The fraction of sp³-hybridized carbons (Fsp3) is 0.100. The van der Waals surface area contributed by atoms with E-state index in [0.717, 1.165) is 16.5 Å². The van der Waals surface area contributed by atoms with E-state index in [4.69, 9.17) is 0 Å². The Morgan fingerprint density at radius 3 is 2.82 bits per heavy atom. The number of aromatic amines is 1. The number of para-hydroxylation sites is 1. The Morgan fingerprint density at radius 2 is 2.04 bits per heavy atom. The molecule has 4 aromatic rings. The number of fused-ring (bicyclic) bond motifs is 1. The van der Waals surface area contributed by atoms with Crippen LogP contribution in [0.25, 0.3) is 16.7 Å². The number of carbonyl (C=O) groups is 2. The second-order valence-corrected chi connectivity index (χ2v) is 6.28. The molecule has 0 bridgehead atoms. The molecule has 1 amide bonds. The molecule has 4 rings (SSSR count). The molecule has 1 atom stereocenters. The van der Waals surface area contributed by atoms with Gasteiger partial charge in [-0.25, -0.2) is 14.5 Å². The van der Waals surface area contributed by atoms with E-state index in [0.29, 0.717) is 11.4 Å². The Kier molecular flexibility index (Phi) is 4.59. The van der Waals surface area contributed by atoms with Crippen LogP contribution in [0.5, 0.6) is 0 Å². The number of amides is 1. The van der Waals surface area contributed by atoms with Gasteiger partial charge in [0.2, 0.25) is 0 Å². The van der Waals surface area contributed by atoms with Gasteiger partial charge in [-0.05, 0) is 29.8 Å². The number of nitrogens with zero attached hydrogens (tertiary/aromatic N) is 3. The zero-order chi connectivity index (χ0) is 19.5. The summed E-state index contributed by atoms with van der Waals surface area (Å²) in [5, 5.41) is 17.2. The molecule has 0 aliphatic heterocycles. The van der Waals surface area contributed by atoms with Crippen molar-refractivity contribution in [2.24, 2.45) is 0 Å². The van der Waals surface area contributed by atoms with Gasteiger partial charge in [0.15, 0.2) is 5.82 Å². The number of benzene rings is 1. The van der Waals surface area contributed by atoms with Crippen molar-refractivity contribution < 1.29 is 14.7 Å². The fourth-order valence-corrected chi connectivity index (χ4v) is 3.05. The van der Waals surface area contributed by atoms with Crippen LogP contribution in [0.2, 0.25) is 0 Å². The van der Waals surface area contributed by atoms with Crippen LogP contribution in [0.4, 0.5) is 0 Å².